The number of carbonyl (C=O) groups is 1. The van der Waals surface area contributed by atoms with Crippen LogP contribution in [0.5, 0.6) is 5.75 Å². The van der Waals surface area contributed by atoms with E-state index in [2.05, 4.69) is 30.3 Å². The fourth-order valence-corrected chi connectivity index (χ4v) is 5.95. The molecule has 3 aromatic carbocycles. The number of nitrogens with zero attached hydrogens (tertiary/aromatic N) is 1. The molecule has 0 aromatic heterocycles. The minimum absolute atomic E-state index is 0.0968. The van der Waals surface area contributed by atoms with E-state index in [0.29, 0.717) is 53.4 Å². The van der Waals surface area contributed by atoms with Gasteiger partial charge < -0.3 is 20.1 Å². The molecule has 0 heterocycles. The maximum absolute atomic E-state index is 13.7. The van der Waals surface area contributed by atoms with Gasteiger partial charge in [-0.15, -0.1) is 0 Å². The maximum Gasteiger partial charge on any atom is 0.227 e. The van der Waals surface area contributed by atoms with Crippen molar-refractivity contribution in [1.29, 1.82) is 0 Å². The first-order chi connectivity index (χ1) is 19.8. The summed E-state index contributed by atoms with van der Waals surface area (Å²) in [7, 11) is 1.71. The molecule has 0 aliphatic heterocycles. The Hall–Kier alpha value is -2.28. The van der Waals surface area contributed by atoms with Crippen LogP contribution in [0.25, 0.3) is 0 Å². The maximum atomic E-state index is 13.7. The molecule has 4 rings (SSSR count). The zero-order chi connectivity index (χ0) is 29.4. The predicted octanol–water partition coefficient (Wildman–Crippen LogP) is 7.46. The summed E-state index contributed by atoms with van der Waals surface area (Å²) < 4.78 is 11.0. The number of rotatable bonds is 15. The topological polar surface area (TPSA) is 64.8 Å². The number of benzene rings is 3. The van der Waals surface area contributed by atoms with Gasteiger partial charge in [-0.25, -0.2) is 0 Å². The number of nitrogens with two attached hydrogens (primary N) is 1. The molecule has 0 bridgehead atoms. The fourth-order valence-electron chi connectivity index (χ4n) is 4.98. The Morgan fingerprint density at radius 3 is 2.20 bits per heavy atom. The van der Waals surface area contributed by atoms with Crippen molar-refractivity contribution in [2.75, 3.05) is 26.9 Å². The number of carbonyl (C=O) groups excluding carboxylic acids is 1. The number of aryl methyl sites for hydroxylation is 2. The number of amides is 1. The summed E-state index contributed by atoms with van der Waals surface area (Å²) in [6.07, 6.45) is 5.20. The quantitative estimate of drug-likeness (QED) is 0.180. The Morgan fingerprint density at radius 1 is 0.927 bits per heavy atom. The summed E-state index contributed by atoms with van der Waals surface area (Å²) in [6, 6.07) is 18.4. The van der Waals surface area contributed by atoms with E-state index in [-0.39, 0.29) is 17.9 Å². The first-order valence-corrected chi connectivity index (χ1v) is 15.4. The van der Waals surface area contributed by atoms with Gasteiger partial charge in [0.05, 0.1) is 22.6 Å². The van der Waals surface area contributed by atoms with Gasteiger partial charge in [0.15, 0.2) is 5.75 Å². The van der Waals surface area contributed by atoms with Gasteiger partial charge in [0, 0.05) is 44.3 Å². The highest BCUT2D eigenvalue weighted by Gasteiger charge is 2.35. The smallest absolute Gasteiger partial charge is 0.227 e. The molecule has 1 saturated carbocycles. The number of hydrogen-bond acceptors (Lipinski definition) is 4. The lowest BCUT2D eigenvalue weighted by atomic mass is 9.96. The van der Waals surface area contributed by atoms with Crippen molar-refractivity contribution in [1.82, 2.24) is 4.90 Å². The van der Waals surface area contributed by atoms with Gasteiger partial charge in [-0.05, 0) is 85.0 Å². The van der Waals surface area contributed by atoms with Crippen LogP contribution in [-0.4, -0.2) is 43.7 Å². The molecular formula is C33H39Cl3N2O3. The molecule has 2 N–H and O–H groups in total. The molecule has 1 fully saturated rings. The van der Waals surface area contributed by atoms with Crippen molar-refractivity contribution < 1.29 is 14.3 Å². The molecule has 8 heteroatoms. The average molecular weight is 618 g/mol. The first-order valence-electron chi connectivity index (χ1n) is 14.2. The van der Waals surface area contributed by atoms with Crippen molar-refractivity contribution in [3.63, 3.8) is 0 Å². The summed E-state index contributed by atoms with van der Waals surface area (Å²) in [5.41, 5.74) is 11.5. The van der Waals surface area contributed by atoms with Gasteiger partial charge in [0.1, 0.15) is 0 Å². The first kappa shape index (κ1) is 31.7. The summed E-state index contributed by atoms with van der Waals surface area (Å²) in [5, 5.41) is 1.73. The summed E-state index contributed by atoms with van der Waals surface area (Å²) in [5.74, 6) is 0.321. The van der Waals surface area contributed by atoms with Gasteiger partial charge >= 0.3 is 0 Å². The molecule has 0 radical (unpaired) electrons. The monoisotopic (exact) mass is 616 g/mol. The molecule has 5 nitrogen and oxygen atoms in total. The zero-order valence-corrected chi connectivity index (χ0v) is 26.1. The summed E-state index contributed by atoms with van der Waals surface area (Å²) in [4.78, 5) is 15.7. The van der Waals surface area contributed by atoms with E-state index in [4.69, 9.17) is 50.0 Å². The van der Waals surface area contributed by atoms with Crippen molar-refractivity contribution in [3.05, 3.63) is 97.5 Å². The van der Waals surface area contributed by atoms with Crippen LogP contribution in [0, 0.1) is 12.8 Å². The molecule has 1 aliphatic carbocycles. The molecule has 1 unspecified atom stereocenters. The molecule has 41 heavy (non-hydrogen) atoms. The Labute approximate surface area is 258 Å². The minimum Gasteiger partial charge on any atom is -0.490 e. The Balaban J connectivity index is 1.33. The summed E-state index contributed by atoms with van der Waals surface area (Å²) in [6.45, 7) is 3.92. The Kier molecular flexibility index (Phi) is 11.8. The van der Waals surface area contributed by atoms with E-state index in [0.717, 1.165) is 54.5 Å². The van der Waals surface area contributed by atoms with Crippen LogP contribution in [0.1, 0.15) is 47.1 Å². The highest BCUT2D eigenvalue weighted by molar-refractivity contribution is 6.37. The highest BCUT2D eigenvalue weighted by atomic mass is 35.5. The Bertz CT molecular complexity index is 1290. The van der Waals surface area contributed by atoms with E-state index in [1.54, 1.807) is 7.11 Å². The third-order valence-corrected chi connectivity index (χ3v) is 8.37. The molecule has 0 spiro atoms. The van der Waals surface area contributed by atoms with Crippen molar-refractivity contribution in [2.45, 2.75) is 58.0 Å². The third-order valence-electron chi connectivity index (χ3n) is 7.46. The molecule has 1 aliphatic rings. The van der Waals surface area contributed by atoms with E-state index in [1.807, 2.05) is 36.1 Å². The standard InChI is InChI=1S/C33H39Cl3N2O3/c1-22-16-30(35)32(31(36)17-22)41-15-13-23-5-7-25(8-6-23)18-27(20-37)33(39)38(28-11-12-28)21-26-10-9-24(19-29(26)34)4-3-14-40-2/h5-10,16-17,19,27-28H,3-4,11-15,18,20-21,37H2,1-2H3. The number of halogens is 3. The van der Waals surface area contributed by atoms with E-state index < -0.39 is 0 Å². The van der Waals surface area contributed by atoms with Gasteiger partial charge in [0.25, 0.3) is 0 Å². The second-order valence-electron chi connectivity index (χ2n) is 10.8. The van der Waals surface area contributed by atoms with Crippen LogP contribution >= 0.6 is 34.8 Å². The lowest BCUT2D eigenvalue weighted by Gasteiger charge is -2.27. The summed E-state index contributed by atoms with van der Waals surface area (Å²) >= 11 is 19.2. The zero-order valence-electron chi connectivity index (χ0n) is 23.8. The molecule has 0 saturated heterocycles. The molecular weight excluding hydrogens is 579 g/mol. The van der Waals surface area contributed by atoms with Crippen molar-refractivity contribution >= 4 is 40.7 Å². The molecule has 220 valence electrons. The number of methoxy groups -OCH3 is 1. The second kappa shape index (κ2) is 15.3. The van der Waals surface area contributed by atoms with Gasteiger partial charge in [0.2, 0.25) is 5.91 Å². The largest absolute Gasteiger partial charge is 0.490 e. The van der Waals surface area contributed by atoms with Crippen LogP contribution in [0.4, 0.5) is 0 Å². The van der Waals surface area contributed by atoms with E-state index in [9.17, 15) is 4.79 Å². The second-order valence-corrected chi connectivity index (χ2v) is 12.1. The minimum atomic E-state index is -0.289. The number of hydrogen-bond donors (Lipinski definition) is 1. The molecule has 3 aromatic rings. The van der Waals surface area contributed by atoms with Crippen LogP contribution < -0.4 is 10.5 Å². The van der Waals surface area contributed by atoms with Gasteiger partial charge in [-0.2, -0.15) is 0 Å². The molecule has 1 amide bonds. The average Bonchev–Trinajstić information content (AvgIpc) is 3.79. The fraction of sp³-hybridized carbons (Fsp3) is 0.424. The van der Waals surface area contributed by atoms with Gasteiger partial charge in [-0.1, -0.05) is 71.2 Å². The predicted molar refractivity (Wildman–Crippen MR) is 168 cm³/mol. The van der Waals surface area contributed by atoms with Crippen LogP contribution in [0.15, 0.2) is 54.6 Å². The van der Waals surface area contributed by atoms with Gasteiger partial charge in [-0.3, -0.25) is 4.79 Å². The lowest BCUT2D eigenvalue weighted by molar-refractivity contribution is -0.136. The van der Waals surface area contributed by atoms with Crippen LogP contribution in [0.3, 0.4) is 0 Å². The SMILES string of the molecule is COCCCc1ccc(CN(C(=O)C(CN)Cc2ccc(CCOc3c(Cl)cc(C)cc3Cl)cc2)C2CC2)c(Cl)c1. The van der Waals surface area contributed by atoms with E-state index >= 15 is 0 Å². The van der Waals surface area contributed by atoms with Crippen molar-refractivity contribution in [3.8, 4) is 5.75 Å². The van der Waals surface area contributed by atoms with E-state index in [1.165, 1.54) is 5.56 Å². The van der Waals surface area contributed by atoms with Crippen LogP contribution in [0.2, 0.25) is 15.1 Å². The third kappa shape index (κ3) is 9.10. The van der Waals surface area contributed by atoms with Crippen molar-refractivity contribution in [2.24, 2.45) is 11.7 Å². The lowest BCUT2D eigenvalue weighted by Crippen LogP contribution is -2.41. The Morgan fingerprint density at radius 2 is 1.59 bits per heavy atom. The number of ether oxygens (including phenoxy) is 2. The normalized spacial score (nSPS) is 13.7. The molecule has 1 atom stereocenters. The van der Waals surface area contributed by atoms with Crippen LogP contribution in [-0.2, 0) is 35.3 Å². The highest BCUT2D eigenvalue weighted by Crippen LogP contribution is 2.34.